The number of aromatic nitrogens is 3. The Labute approximate surface area is 154 Å². The summed E-state index contributed by atoms with van der Waals surface area (Å²) in [6.45, 7) is 2.93. The van der Waals surface area contributed by atoms with Crippen LogP contribution >= 0.6 is 0 Å². The van der Waals surface area contributed by atoms with Crippen LogP contribution in [-0.2, 0) is 0 Å². The number of hydrogen-bond acceptors (Lipinski definition) is 3. The van der Waals surface area contributed by atoms with E-state index in [9.17, 15) is 4.79 Å². The summed E-state index contributed by atoms with van der Waals surface area (Å²) in [6.07, 6.45) is 10.00. The van der Waals surface area contributed by atoms with Gasteiger partial charge in [0.1, 0.15) is 12.7 Å². The van der Waals surface area contributed by atoms with Crippen molar-refractivity contribution in [2.45, 2.75) is 45.1 Å². The highest BCUT2D eigenvalue weighted by Crippen LogP contribution is 2.55. The van der Waals surface area contributed by atoms with Gasteiger partial charge in [0.25, 0.3) is 5.91 Å². The highest BCUT2D eigenvalue weighted by Gasteiger charge is 2.50. The molecule has 0 radical (unpaired) electrons. The van der Waals surface area contributed by atoms with Gasteiger partial charge in [-0.25, -0.2) is 9.67 Å². The van der Waals surface area contributed by atoms with Gasteiger partial charge in [-0.1, -0.05) is 0 Å². The Bertz CT molecular complexity index is 755. The number of carbonyl (C=O) groups is 1. The lowest BCUT2D eigenvalue weighted by molar-refractivity contribution is -0.0543. The SMILES string of the molecule is CCN(C(=O)c1ccc(-n2cncn2)cc1)C1C2CC3CC(C2)CC1C3. The first-order valence-electron chi connectivity index (χ1n) is 9.99. The van der Waals surface area contributed by atoms with Crippen molar-refractivity contribution >= 4 is 5.91 Å². The first kappa shape index (κ1) is 16.0. The van der Waals surface area contributed by atoms with E-state index in [4.69, 9.17) is 0 Å². The molecule has 6 rings (SSSR count). The summed E-state index contributed by atoms with van der Waals surface area (Å²) in [5, 5.41) is 4.15. The van der Waals surface area contributed by atoms with Crippen molar-refractivity contribution < 1.29 is 4.79 Å². The molecule has 0 unspecified atom stereocenters. The third-order valence-corrected chi connectivity index (χ3v) is 6.94. The maximum absolute atomic E-state index is 13.3. The van der Waals surface area contributed by atoms with Crippen molar-refractivity contribution in [2.24, 2.45) is 23.7 Å². The number of rotatable bonds is 4. The maximum Gasteiger partial charge on any atom is 0.254 e. The van der Waals surface area contributed by atoms with Gasteiger partial charge in [0.15, 0.2) is 0 Å². The molecule has 26 heavy (non-hydrogen) atoms. The number of carbonyl (C=O) groups excluding carboxylic acids is 1. The summed E-state index contributed by atoms with van der Waals surface area (Å²) in [4.78, 5) is 19.4. The second-order valence-electron chi connectivity index (χ2n) is 8.40. The topological polar surface area (TPSA) is 51.0 Å². The smallest absolute Gasteiger partial charge is 0.254 e. The Morgan fingerprint density at radius 1 is 1.08 bits per heavy atom. The fourth-order valence-corrected chi connectivity index (χ4v) is 6.16. The fraction of sp³-hybridized carbons (Fsp3) is 0.571. The Morgan fingerprint density at radius 3 is 2.27 bits per heavy atom. The molecule has 4 bridgehead atoms. The van der Waals surface area contributed by atoms with Crippen LogP contribution in [0.5, 0.6) is 0 Å². The number of hydrogen-bond donors (Lipinski definition) is 0. The van der Waals surface area contributed by atoms with Crippen LogP contribution in [0.25, 0.3) is 5.69 Å². The standard InChI is InChI=1S/C21H26N4O/c1-2-24(20-17-8-14-7-15(10-17)11-18(20)9-14)21(26)16-3-5-19(6-4-16)25-13-22-12-23-25/h3-6,12-15,17-18,20H,2,7-11H2,1H3. The molecular formula is C21H26N4O. The van der Waals surface area contributed by atoms with Gasteiger partial charge in [0.2, 0.25) is 0 Å². The van der Waals surface area contributed by atoms with Crippen molar-refractivity contribution in [3.05, 3.63) is 42.5 Å². The van der Waals surface area contributed by atoms with Crippen molar-refractivity contribution in [3.8, 4) is 5.69 Å². The van der Waals surface area contributed by atoms with E-state index in [-0.39, 0.29) is 5.91 Å². The van der Waals surface area contributed by atoms with Crippen LogP contribution in [0.15, 0.2) is 36.9 Å². The van der Waals surface area contributed by atoms with Crippen LogP contribution in [0.2, 0.25) is 0 Å². The minimum Gasteiger partial charge on any atom is -0.335 e. The van der Waals surface area contributed by atoms with Crippen LogP contribution in [0.1, 0.15) is 49.4 Å². The number of benzene rings is 1. The minimum atomic E-state index is 0.190. The van der Waals surface area contributed by atoms with Gasteiger partial charge >= 0.3 is 0 Å². The summed E-state index contributed by atoms with van der Waals surface area (Å²) < 4.78 is 1.71. The van der Waals surface area contributed by atoms with Gasteiger partial charge < -0.3 is 4.90 Å². The third-order valence-electron chi connectivity index (χ3n) is 6.94. The lowest BCUT2D eigenvalue weighted by Gasteiger charge is -2.57. The van der Waals surface area contributed by atoms with Gasteiger partial charge in [0.05, 0.1) is 5.69 Å². The van der Waals surface area contributed by atoms with Crippen molar-refractivity contribution in [2.75, 3.05) is 6.54 Å². The van der Waals surface area contributed by atoms with E-state index in [2.05, 4.69) is 21.9 Å². The minimum absolute atomic E-state index is 0.190. The van der Waals surface area contributed by atoms with Crippen LogP contribution < -0.4 is 0 Å². The summed E-state index contributed by atoms with van der Waals surface area (Å²) in [6, 6.07) is 8.21. The van der Waals surface area contributed by atoms with Crippen LogP contribution in [-0.4, -0.2) is 38.2 Å². The predicted molar refractivity (Wildman–Crippen MR) is 98.9 cm³/mol. The van der Waals surface area contributed by atoms with Gasteiger partial charge in [0, 0.05) is 18.2 Å². The monoisotopic (exact) mass is 350 g/mol. The van der Waals surface area contributed by atoms with E-state index in [1.165, 1.54) is 38.4 Å². The summed E-state index contributed by atoms with van der Waals surface area (Å²) in [5.41, 5.74) is 1.71. The Kier molecular flexibility index (Phi) is 3.84. The van der Waals surface area contributed by atoms with E-state index in [1.807, 2.05) is 24.3 Å². The normalized spacial score (nSPS) is 32.0. The molecule has 4 saturated carbocycles. The molecule has 2 aromatic rings. The molecule has 5 heteroatoms. The second-order valence-corrected chi connectivity index (χ2v) is 8.40. The third kappa shape index (κ3) is 2.56. The maximum atomic E-state index is 13.3. The van der Waals surface area contributed by atoms with Crippen LogP contribution in [0.3, 0.4) is 0 Å². The zero-order valence-corrected chi connectivity index (χ0v) is 15.3. The van der Waals surface area contributed by atoms with Crippen molar-refractivity contribution in [3.63, 3.8) is 0 Å². The lowest BCUT2D eigenvalue weighted by Crippen LogP contribution is -2.57. The first-order valence-corrected chi connectivity index (χ1v) is 9.99. The molecular weight excluding hydrogens is 324 g/mol. The van der Waals surface area contributed by atoms with E-state index in [0.717, 1.165) is 41.5 Å². The molecule has 4 aliphatic rings. The molecule has 136 valence electrons. The zero-order valence-electron chi connectivity index (χ0n) is 15.3. The predicted octanol–water partition coefficient (Wildman–Crippen LogP) is 3.55. The fourth-order valence-electron chi connectivity index (χ4n) is 6.16. The van der Waals surface area contributed by atoms with Gasteiger partial charge in [-0.05, 0) is 87.0 Å². The summed E-state index contributed by atoms with van der Waals surface area (Å²) >= 11 is 0. The quantitative estimate of drug-likeness (QED) is 0.847. The second kappa shape index (κ2) is 6.22. The molecule has 4 fully saturated rings. The molecule has 0 saturated heterocycles. The Morgan fingerprint density at radius 2 is 1.73 bits per heavy atom. The summed E-state index contributed by atoms with van der Waals surface area (Å²) in [7, 11) is 0. The number of nitrogens with zero attached hydrogens (tertiary/aromatic N) is 4. The van der Waals surface area contributed by atoms with Crippen molar-refractivity contribution in [1.82, 2.24) is 19.7 Å². The molecule has 4 aliphatic carbocycles. The highest BCUT2D eigenvalue weighted by molar-refractivity contribution is 5.94. The van der Waals surface area contributed by atoms with Gasteiger partial charge in [-0.15, -0.1) is 0 Å². The average molecular weight is 350 g/mol. The molecule has 1 amide bonds. The molecule has 1 aromatic carbocycles. The average Bonchev–Trinajstić information content (AvgIpc) is 3.18. The Hall–Kier alpha value is -2.17. The van der Waals surface area contributed by atoms with Crippen molar-refractivity contribution in [1.29, 1.82) is 0 Å². The number of amides is 1. The molecule has 1 heterocycles. The van der Waals surface area contributed by atoms with E-state index in [1.54, 1.807) is 11.0 Å². The highest BCUT2D eigenvalue weighted by atomic mass is 16.2. The van der Waals surface area contributed by atoms with Crippen LogP contribution in [0, 0.1) is 23.7 Å². The first-order chi connectivity index (χ1) is 12.7. The van der Waals surface area contributed by atoms with E-state index >= 15 is 0 Å². The van der Waals surface area contributed by atoms with E-state index in [0.29, 0.717) is 6.04 Å². The molecule has 0 atom stereocenters. The van der Waals surface area contributed by atoms with E-state index < -0.39 is 0 Å². The lowest BCUT2D eigenvalue weighted by atomic mass is 9.54. The Balaban J connectivity index is 1.38. The summed E-state index contributed by atoms with van der Waals surface area (Å²) in [5.74, 6) is 3.51. The molecule has 0 spiro atoms. The molecule has 5 nitrogen and oxygen atoms in total. The molecule has 0 N–H and O–H groups in total. The van der Waals surface area contributed by atoms with Gasteiger partial charge in [-0.2, -0.15) is 5.10 Å². The largest absolute Gasteiger partial charge is 0.335 e. The van der Waals surface area contributed by atoms with Gasteiger partial charge in [-0.3, -0.25) is 4.79 Å². The zero-order chi connectivity index (χ0) is 17.7. The molecule has 0 aliphatic heterocycles. The molecule has 1 aromatic heterocycles. The van der Waals surface area contributed by atoms with Crippen LogP contribution in [0.4, 0.5) is 0 Å².